The van der Waals surface area contributed by atoms with E-state index in [1.165, 1.54) is 17.1 Å². The van der Waals surface area contributed by atoms with E-state index in [1.54, 1.807) is 6.29 Å². The van der Waals surface area contributed by atoms with Gasteiger partial charge in [-0.1, -0.05) is 36.8 Å². The van der Waals surface area contributed by atoms with Gasteiger partial charge < -0.3 is 10.8 Å². The van der Waals surface area contributed by atoms with Gasteiger partial charge in [0.15, 0.2) is 6.29 Å². The number of carbonyl (C=O) groups is 3. The zero-order valence-corrected chi connectivity index (χ0v) is 14.5. The summed E-state index contributed by atoms with van der Waals surface area (Å²) < 4.78 is 0. The highest BCUT2D eigenvalue weighted by Gasteiger charge is 2.21. The third-order valence-corrected chi connectivity index (χ3v) is 3.68. The van der Waals surface area contributed by atoms with Crippen LogP contribution in [0.15, 0.2) is 42.5 Å². The van der Waals surface area contributed by atoms with Crippen molar-refractivity contribution in [2.24, 2.45) is 5.73 Å². The van der Waals surface area contributed by atoms with E-state index in [1.807, 2.05) is 30.3 Å². The minimum absolute atomic E-state index is 0.239. The molecule has 1 atom stereocenters. The van der Waals surface area contributed by atoms with Gasteiger partial charge in [-0.15, -0.1) is 0 Å². The highest BCUT2D eigenvalue weighted by Crippen LogP contribution is 2.07. The zero-order valence-electron chi connectivity index (χ0n) is 14.5. The number of unbranched alkanes of at least 4 members (excludes halogenated alkanes) is 3. The Bertz CT molecular complexity index is 625. The monoisotopic (exact) mass is 359 g/mol. The lowest BCUT2D eigenvalue weighted by molar-refractivity contribution is -0.139. The lowest BCUT2D eigenvalue weighted by Crippen LogP contribution is -2.32. The van der Waals surface area contributed by atoms with E-state index in [0.29, 0.717) is 19.4 Å². The van der Waals surface area contributed by atoms with Gasteiger partial charge in [0, 0.05) is 25.1 Å². The highest BCUT2D eigenvalue weighted by atomic mass is 16.4. The maximum Gasteiger partial charge on any atom is 0.320 e. The van der Waals surface area contributed by atoms with Gasteiger partial charge in [-0.3, -0.25) is 24.1 Å². The quantitative estimate of drug-likeness (QED) is 0.506. The number of imide groups is 1. The molecule has 7 nitrogen and oxygen atoms in total. The summed E-state index contributed by atoms with van der Waals surface area (Å²) in [5.41, 5.74) is 6.30. The first-order valence-electron chi connectivity index (χ1n) is 8.36. The SMILES string of the molecule is N[C@@H](Cc1ccccc1)C(=O)O.O=[C]CCCCCN1C(=O)C=CC1=O. The molecule has 0 saturated carbocycles. The molecule has 26 heavy (non-hydrogen) atoms. The van der Waals surface area contributed by atoms with Crippen LogP contribution in [0.25, 0.3) is 0 Å². The first kappa shape index (κ1) is 21.2. The summed E-state index contributed by atoms with van der Waals surface area (Å²) in [7, 11) is 0. The molecule has 1 aliphatic heterocycles. The van der Waals surface area contributed by atoms with Gasteiger partial charge in [0.25, 0.3) is 11.8 Å². The Kier molecular flexibility index (Phi) is 9.56. The van der Waals surface area contributed by atoms with Crippen LogP contribution in [0.2, 0.25) is 0 Å². The fraction of sp³-hybridized carbons (Fsp3) is 0.368. The molecule has 0 unspecified atom stereocenters. The Morgan fingerprint density at radius 1 is 1.08 bits per heavy atom. The first-order chi connectivity index (χ1) is 12.5. The van der Waals surface area contributed by atoms with Gasteiger partial charge in [0.05, 0.1) is 0 Å². The maximum absolute atomic E-state index is 11.1. The maximum atomic E-state index is 11.1. The number of rotatable bonds is 9. The van der Waals surface area contributed by atoms with Gasteiger partial charge in [0.2, 0.25) is 0 Å². The first-order valence-corrected chi connectivity index (χ1v) is 8.36. The average molecular weight is 359 g/mol. The van der Waals surface area contributed by atoms with Gasteiger partial charge in [-0.05, 0) is 24.8 Å². The fourth-order valence-electron chi connectivity index (χ4n) is 2.25. The van der Waals surface area contributed by atoms with E-state index in [-0.39, 0.29) is 11.8 Å². The van der Waals surface area contributed by atoms with Crippen molar-refractivity contribution in [1.82, 2.24) is 4.90 Å². The Balaban J connectivity index is 0.000000263. The predicted octanol–water partition coefficient (Wildman–Crippen LogP) is 1.22. The second kappa shape index (κ2) is 11.7. The van der Waals surface area contributed by atoms with Crippen molar-refractivity contribution in [2.75, 3.05) is 6.54 Å². The summed E-state index contributed by atoms with van der Waals surface area (Å²) in [6.45, 7) is 0.448. The summed E-state index contributed by atoms with van der Waals surface area (Å²) in [4.78, 5) is 43.6. The molecule has 139 valence electrons. The van der Waals surface area contributed by atoms with Crippen molar-refractivity contribution in [3.8, 4) is 0 Å². The number of amides is 2. The van der Waals surface area contributed by atoms with Crippen molar-refractivity contribution >= 4 is 24.1 Å². The normalized spacial score (nSPS) is 14.0. The lowest BCUT2D eigenvalue weighted by atomic mass is 10.1. The van der Waals surface area contributed by atoms with Crippen LogP contribution in [0.3, 0.4) is 0 Å². The molecule has 0 aliphatic carbocycles. The molecule has 2 amide bonds. The number of hydrogen-bond acceptors (Lipinski definition) is 5. The standard InChI is InChI=1S/C10H12NO3.C9H11NO2/c12-8-4-2-1-3-7-11-9(13)5-6-10(11)14;10-8(9(11)12)6-7-4-2-1-3-5-7/h5-6H,1-4,7H2;1-5,8H,6,10H2,(H,11,12)/t;8-/m.0/s1. The summed E-state index contributed by atoms with van der Waals surface area (Å²) in [6.07, 6.45) is 7.54. The Labute approximate surface area is 152 Å². The summed E-state index contributed by atoms with van der Waals surface area (Å²) >= 11 is 0. The molecule has 0 aromatic heterocycles. The van der Waals surface area contributed by atoms with Crippen LogP contribution in [0.5, 0.6) is 0 Å². The molecule has 1 aromatic rings. The van der Waals surface area contributed by atoms with E-state index in [9.17, 15) is 19.2 Å². The summed E-state index contributed by atoms with van der Waals surface area (Å²) in [6, 6.07) is 8.54. The van der Waals surface area contributed by atoms with Crippen molar-refractivity contribution < 1.29 is 24.3 Å². The number of nitrogens with zero attached hydrogens (tertiary/aromatic N) is 1. The molecule has 0 bridgehead atoms. The molecule has 0 spiro atoms. The zero-order chi connectivity index (χ0) is 19.4. The van der Waals surface area contributed by atoms with Crippen LogP contribution in [0.1, 0.15) is 31.2 Å². The second-order valence-electron chi connectivity index (χ2n) is 5.75. The smallest absolute Gasteiger partial charge is 0.320 e. The average Bonchev–Trinajstić information content (AvgIpc) is 2.94. The molecule has 1 aromatic carbocycles. The van der Waals surface area contributed by atoms with E-state index in [4.69, 9.17) is 10.8 Å². The van der Waals surface area contributed by atoms with Crippen LogP contribution in [-0.2, 0) is 25.6 Å². The van der Waals surface area contributed by atoms with E-state index < -0.39 is 12.0 Å². The molecule has 2 rings (SSSR count). The number of hydrogen-bond donors (Lipinski definition) is 2. The van der Waals surface area contributed by atoms with Gasteiger partial charge in [-0.25, -0.2) is 0 Å². The van der Waals surface area contributed by atoms with Gasteiger partial charge in [0.1, 0.15) is 6.04 Å². The van der Waals surface area contributed by atoms with Gasteiger partial charge in [-0.2, -0.15) is 0 Å². The lowest BCUT2D eigenvalue weighted by Gasteiger charge is -2.12. The molecular formula is C19H23N2O5. The Hall–Kier alpha value is -2.80. The number of nitrogens with two attached hydrogens (primary N) is 1. The molecule has 7 heteroatoms. The number of carboxylic acid groups (broad SMARTS) is 1. The van der Waals surface area contributed by atoms with Crippen molar-refractivity contribution in [3.05, 3.63) is 48.0 Å². The summed E-state index contributed by atoms with van der Waals surface area (Å²) in [5, 5.41) is 8.52. The largest absolute Gasteiger partial charge is 0.480 e. The molecule has 1 heterocycles. The molecule has 1 radical (unpaired) electrons. The second-order valence-corrected chi connectivity index (χ2v) is 5.75. The Morgan fingerprint density at radius 2 is 1.69 bits per heavy atom. The predicted molar refractivity (Wildman–Crippen MR) is 95.8 cm³/mol. The number of benzene rings is 1. The molecule has 3 N–H and O–H groups in total. The fourth-order valence-corrected chi connectivity index (χ4v) is 2.25. The molecule has 0 saturated heterocycles. The Morgan fingerprint density at radius 3 is 2.23 bits per heavy atom. The van der Waals surface area contributed by atoms with Crippen LogP contribution in [-0.4, -0.2) is 46.7 Å². The minimum atomic E-state index is -0.959. The molecule has 1 aliphatic rings. The number of carbonyl (C=O) groups excluding carboxylic acids is 3. The van der Waals surface area contributed by atoms with Crippen LogP contribution in [0, 0.1) is 0 Å². The minimum Gasteiger partial charge on any atom is -0.480 e. The van der Waals surface area contributed by atoms with Crippen LogP contribution in [0.4, 0.5) is 0 Å². The van der Waals surface area contributed by atoms with Crippen LogP contribution < -0.4 is 5.73 Å². The molecule has 0 fully saturated rings. The topological polar surface area (TPSA) is 118 Å². The molecular weight excluding hydrogens is 336 g/mol. The van der Waals surface area contributed by atoms with Crippen molar-refractivity contribution in [2.45, 2.75) is 38.1 Å². The number of aliphatic carboxylic acids is 1. The summed E-state index contributed by atoms with van der Waals surface area (Å²) in [5.74, 6) is -1.44. The van der Waals surface area contributed by atoms with Crippen LogP contribution >= 0.6 is 0 Å². The van der Waals surface area contributed by atoms with E-state index in [2.05, 4.69) is 0 Å². The van der Waals surface area contributed by atoms with Crippen molar-refractivity contribution in [1.29, 1.82) is 0 Å². The number of carboxylic acids is 1. The third kappa shape index (κ3) is 7.85. The highest BCUT2D eigenvalue weighted by molar-refractivity contribution is 6.12. The van der Waals surface area contributed by atoms with E-state index >= 15 is 0 Å². The van der Waals surface area contributed by atoms with Gasteiger partial charge >= 0.3 is 5.97 Å². The third-order valence-electron chi connectivity index (χ3n) is 3.68. The van der Waals surface area contributed by atoms with Crippen molar-refractivity contribution in [3.63, 3.8) is 0 Å². The van der Waals surface area contributed by atoms with E-state index in [0.717, 1.165) is 24.8 Å².